The monoisotopic (exact) mass is 200 g/mol. The predicted octanol–water partition coefficient (Wildman–Crippen LogP) is 2.78. The largest absolute Gasteiger partial charge is 0.278 e. The molecule has 2 aliphatic heterocycles. The molecule has 0 aromatic carbocycles. The summed E-state index contributed by atoms with van der Waals surface area (Å²) in [5.74, 6) is -1.09. The van der Waals surface area contributed by atoms with Crippen molar-refractivity contribution in [3.05, 3.63) is 35.2 Å². The minimum Gasteiger partial charge on any atom is -0.278 e. The smallest absolute Gasteiger partial charge is 0.151 e. The van der Waals surface area contributed by atoms with E-state index in [-0.39, 0.29) is 0 Å². The van der Waals surface area contributed by atoms with Crippen molar-refractivity contribution in [1.29, 1.82) is 0 Å². The summed E-state index contributed by atoms with van der Waals surface area (Å²) in [6, 6.07) is 0. The van der Waals surface area contributed by atoms with Gasteiger partial charge in [-0.3, -0.25) is 5.01 Å². The molecule has 14 heavy (non-hydrogen) atoms. The first-order valence-electron chi connectivity index (χ1n) is 4.66. The van der Waals surface area contributed by atoms with Crippen LogP contribution in [0.1, 0.15) is 20.8 Å². The van der Waals surface area contributed by atoms with Crippen LogP contribution in [0.3, 0.4) is 0 Å². The van der Waals surface area contributed by atoms with Crippen LogP contribution in [-0.2, 0) is 0 Å². The molecule has 4 heteroatoms. The topological polar surface area (TPSA) is 15.3 Å². The van der Waals surface area contributed by atoms with E-state index >= 15 is 0 Å². The molecule has 0 aliphatic carbocycles. The highest BCUT2D eigenvalue weighted by Gasteiger charge is 2.25. The van der Waals surface area contributed by atoms with E-state index in [1.54, 1.807) is 0 Å². The molecule has 0 radical (unpaired) electrons. The first-order chi connectivity index (χ1) is 6.68. The van der Waals surface area contributed by atoms with Gasteiger partial charge in [-0.1, -0.05) is 13.8 Å². The normalized spacial score (nSPS) is 19.6. The molecule has 0 saturated carbocycles. The summed E-state index contributed by atoms with van der Waals surface area (Å²) >= 11 is 0. The van der Waals surface area contributed by atoms with Gasteiger partial charge >= 0.3 is 0 Å². The van der Waals surface area contributed by atoms with E-state index in [0.29, 0.717) is 12.2 Å². The van der Waals surface area contributed by atoms with E-state index in [0.717, 1.165) is 11.6 Å². The molecule has 2 rings (SSSR count). The third-order valence-corrected chi connectivity index (χ3v) is 1.90. The van der Waals surface area contributed by atoms with Crippen LogP contribution >= 0.6 is 0 Å². The summed E-state index contributed by atoms with van der Waals surface area (Å²) in [6.07, 6.45) is 2.12. The van der Waals surface area contributed by atoms with Gasteiger partial charge in [-0.25, -0.2) is 14.2 Å². The molecule has 0 fully saturated rings. The van der Waals surface area contributed by atoms with Crippen LogP contribution in [0.2, 0.25) is 0 Å². The molecule has 78 valence electrons. The Labute approximate surface area is 82.6 Å². The Balaban J connectivity index is 0.000000461. The lowest BCUT2D eigenvalue weighted by Gasteiger charge is -2.19. The number of fused-ring (bicyclic) bond motifs is 1. The molecule has 0 unspecified atom stereocenters. The Hall–Kier alpha value is -1.16. The molecular weight excluding hydrogens is 186 g/mol. The van der Waals surface area contributed by atoms with Crippen molar-refractivity contribution >= 4 is 0 Å². The molecule has 1 N–H and O–H groups in total. The van der Waals surface area contributed by atoms with Gasteiger partial charge in [0.05, 0.1) is 11.9 Å². The zero-order valence-electron chi connectivity index (χ0n) is 8.56. The summed E-state index contributed by atoms with van der Waals surface area (Å²) in [5.41, 5.74) is 4.15. The van der Waals surface area contributed by atoms with Gasteiger partial charge in [0.2, 0.25) is 0 Å². The molecule has 2 nitrogen and oxygen atoms in total. The molecule has 0 aromatic rings. The fraction of sp³-hybridized carbons (Fsp3) is 0.400. The second kappa shape index (κ2) is 4.37. The quantitative estimate of drug-likeness (QED) is 0.646. The zero-order valence-corrected chi connectivity index (χ0v) is 8.56. The maximum absolute atomic E-state index is 13.1. The lowest BCUT2D eigenvalue weighted by Crippen LogP contribution is -2.28. The van der Waals surface area contributed by atoms with Crippen molar-refractivity contribution in [1.82, 2.24) is 10.4 Å². The number of hydrogen-bond acceptors (Lipinski definition) is 2. The third-order valence-electron chi connectivity index (χ3n) is 1.90. The fourth-order valence-electron chi connectivity index (χ4n) is 1.35. The molecule has 0 aromatic heterocycles. The Bertz CT molecular complexity index is 316. The highest BCUT2D eigenvalue weighted by atomic mass is 19.1. The molecule has 0 atom stereocenters. The van der Waals surface area contributed by atoms with Gasteiger partial charge in [-0.05, 0) is 12.5 Å². The van der Waals surface area contributed by atoms with Crippen LogP contribution in [0.15, 0.2) is 35.2 Å². The Morgan fingerprint density at radius 3 is 2.64 bits per heavy atom. The number of allylic oxidation sites excluding steroid dienone is 3. The summed E-state index contributed by atoms with van der Waals surface area (Å²) in [4.78, 5) is 0. The highest BCUT2D eigenvalue weighted by molar-refractivity contribution is 5.40. The van der Waals surface area contributed by atoms with Crippen molar-refractivity contribution in [3.63, 3.8) is 0 Å². The molecule has 2 heterocycles. The molecular formula is C10H14F2N2. The minimum absolute atomic E-state index is 0.441. The van der Waals surface area contributed by atoms with Gasteiger partial charge in [-0.15, -0.1) is 0 Å². The number of hydrazine groups is 1. The van der Waals surface area contributed by atoms with Crippen LogP contribution in [0.4, 0.5) is 8.78 Å². The maximum Gasteiger partial charge on any atom is 0.151 e. The maximum atomic E-state index is 13.1. The zero-order chi connectivity index (χ0) is 10.7. The summed E-state index contributed by atoms with van der Waals surface area (Å²) in [7, 11) is 0. The molecule has 0 spiro atoms. The van der Waals surface area contributed by atoms with Crippen LogP contribution < -0.4 is 5.43 Å². The molecule has 0 saturated heterocycles. The summed E-state index contributed by atoms with van der Waals surface area (Å²) in [6.45, 7) is 6.38. The van der Waals surface area contributed by atoms with E-state index in [2.05, 4.69) is 5.43 Å². The minimum atomic E-state index is -0.571. The van der Waals surface area contributed by atoms with Crippen LogP contribution in [0, 0.1) is 0 Å². The van der Waals surface area contributed by atoms with Crippen molar-refractivity contribution in [3.8, 4) is 0 Å². The molecule has 0 bridgehead atoms. The predicted molar refractivity (Wildman–Crippen MR) is 52.3 cm³/mol. The number of nitrogens with one attached hydrogen (secondary N) is 1. The lowest BCUT2D eigenvalue weighted by molar-refractivity contribution is 0.358. The lowest BCUT2D eigenvalue weighted by atomic mass is 10.2. The van der Waals surface area contributed by atoms with Crippen LogP contribution in [0.25, 0.3) is 0 Å². The van der Waals surface area contributed by atoms with Gasteiger partial charge in [0, 0.05) is 12.6 Å². The first-order valence-corrected chi connectivity index (χ1v) is 4.66. The highest BCUT2D eigenvalue weighted by Crippen LogP contribution is 2.29. The van der Waals surface area contributed by atoms with Gasteiger partial charge in [0.15, 0.2) is 5.83 Å². The van der Waals surface area contributed by atoms with Crippen molar-refractivity contribution in [2.24, 2.45) is 0 Å². The van der Waals surface area contributed by atoms with Gasteiger partial charge in [0.1, 0.15) is 5.83 Å². The van der Waals surface area contributed by atoms with E-state index in [4.69, 9.17) is 0 Å². The SMILES string of the molecule is CC.CC1=C2C(F)=CC(F)=CN2NC1. The van der Waals surface area contributed by atoms with Crippen molar-refractivity contribution in [2.45, 2.75) is 20.8 Å². The second-order valence-electron chi connectivity index (χ2n) is 2.84. The number of halogens is 2. The third kappa shape index (κ3) is 1.85. The van der Waals surface area contributed by atoms with Crippen molar-refractivity contribution < 1.29 is 8.78 Å². The van der Waals surface area contributed by atoms with Crippen LogP contribution in [0.5, 0.6) is 0 Å². The number of hydrogen-bond donors (Lipinski definition) is 1. The van der Waals surface area contributed by atoms with Crippen LogP contribution in [-0.4, -0.2) is 11.6 Å². The van der Waals surface area contributed by atoms with E-state index in [9.17, 15) is 8.78 Å². The van der Waals surface area contributed by atoms with E-state index in [1.807, 2.05) is 20.8 Å². The fourth-order valence-corrected chi connectivity index (χ4v) is 1.35. The van der Waals surface area contributed by atoms with Gasteiger partial charge < -0.3 is 0 Å². The molecule has 0 amide bonds. The Morgan fingerprint density at radius 2 is 2.00 bits per heavy atom. The van der Waals surface area contributed by atoms with Gasteiger partial charge in [-0.2, -0.15) is 0 Å². The Morgan fingerprint density at radius 1 is 1.36 bits per heavy atom. The molecule has 2 aliphatic rings. The summed E-state index contributed by atoms with van der Waals surface area (Å²) in [5, 5.41) is 1.38. The summed E-state index contributed by atoms with van der Waals surface area (Å²) < 4.78 is 25.7. The first kappa shape index (κ1) is 10.9. The number of rotatable bonds is 0. The second-order valence-corrected chi connectivity index (χ2v) is 2.84. The van der Waals surface area contributed by atoms with Gasteiger partial charge in [0.25, 0.3) is 0 Å². The van der Waals surface area contributed by atoms with E-state index in [1.165, 1.54) is 11.2 Å². The van der Waals surface area contributed by atoms with E-state index < -0.39 is 11.7 Å². The standard InChI is InChI=1S/C8H8F2N2.C2H6/c1-5-3-11-12-4-6(9)2-7(10)8(5)12;1-2/h2,4,11H,3H2,1H3;1-2H3. The average Bonchev–Trinajstić information content (AvgIpc) is 2.51. The number of nitrogens with zero attached hydrogens (tertiary/aromatic N) is 1. The average molecular weight is 200 g/mol. The van der Waals surface area contributed by atoms with Crippen molar-refractivity contribution in [2.75, 3.05) is 6.54 Å². The Kier molecular flexibility index (Phi) is 3.41.